The number of aliphatic hydroxyl groups excluding tert-OH is 1. The van der Waals surface area contributed by atoms with E-state index in [0.717, 1.165) is 32.1 Å². The number of aliphatic carboxylic acids is 1. The lowest BCUT2D eigenvalue weighted by atomic mass is 9.84. The molecule has 0 saturated heterocycles. The van der Waals surface area contributed by atoms with E-state index in [9.17, 15) is 19.6 Å². The van der Waals surface area contributed by atoms with Crippen LogP contribution in [0, 0.1) is 0 Å². The molecule has 0 radical (unpaired) electrons. The zero-order valence-electron chi connectivity index (χ0n) is 23.6. The number of carbonyl (C=O) groups is 1. The van der Waals surface area contributed by atoms with Crippen molar-refractivity contribution in [2.45, 2.75) is 83.2 Å². The minimum Gasteiger partial charge on any atom is -0.497 e. The van der Waals surface area contributed by atoms with E-state index in [1.165, 1.54) is 37.3 Å². The molecule has 9 nitrogen and oxygen atoms in total. The normalized spacial score (nSPS) is 16.1. The standard InChI is InChI=1S/C29H45N2O7P/c1-5-7-11-23(10-6-2)27-13-9-8-12-24(27)18-19-29(30,20-32)21-37-39(35,31-22(3)28(33)34)38-26-16-14-25(36-4)15-17-26/h8-9,12-17,22-23,32H,5-7,10-11,18-21,30H2,1-4H3,(H,31,35)(H,33,34). The molecular weight excluding hydrogens is 519 g/mol. The molecule has 0 spiro atoms. The fourth-order valence-electron chi connectivity index (χ4n) is 4.37. The van der Waals surface area contributed by atoms with Crippen LogP contribution in [0.15, 0.2) is 48.5 Å². The number of hydrogen-bond acceptors (Lipinski definition) is 7. The summed E-state index contributed by atoms with van der Waals surface area (Å²) in [5.41, 5.74) is 7.77. The van der Waals surface area contributed by atoms with E-state index in [1.807, 2.05) is 6.07 Å². The molecule has 0 aliphatic heterocycles. The van der Waals surface area contributed by atoms with Crippen molar-refractivity contribution < 1.29 is 33.4 Å². The summed E-state index contributed by atoms with van der Waals surface area (Å²) in [6, 6.07) is 13.4. The van der Waals surface area contributed by atoms with Gasteiger partial charge in [0.1, 0.15) is 17.5 Å². The van der Waals surface area contributed by atoms with Gasteiger partial charge in [0.05, 0.1) is 25.9 Å². The second kappa shape index (κ2) is 16.0. The summed E-state index contributed by atoms with van der Waals surface area (Å²) in [7, 11) is -2.67. The second-order valence-electron chi connectivity index (χ2n) is 10.1. The smallest absolute Gasteiger partial charge is 0.459 e. The molecule has 4 atom stereocenters. The highest BCUT2D eigenvalue weighted by Crippen LogP contribution is 2.46. The fraction of sp³-hybridized carbons (Fsp3) is 0.552. The number of nitrogens with two attached hydrogens (primary N) is 1. The van der Waals surface area contributed by atoms with Gasteiger partial charge in [0, 0.05) is 0 Å². The van der Waals surface area contributed by atoms with E-state index >= 15 is 0 Å². The Morgan fingerprint density at radius 2 is 1.74 bits per heavy atom. The molecule has 0 bridgehead atoms. The largest absolute Gasteiger partial charge is 0.497 e. The van der Waals surface area contributed by atoms with Gasteiger partial charge in [-0.1, -0.05) is 57.4 Å². The van der Waals surface area contributed by atoms with Crippen LogP contribution in [0.4, 0.5) is 0 Å². The molecule has 2 aromatic rings. The summed E-state index contributed by atoms with van der Waals surface area (Å²) < 4.78 is 30.0. The molecular formula is C29H45N2O7P. The first-order valence-corrected chi connectivity index (χ1v) is 15.2. The first kappa shape index (κ1) is 32.8. The maximum absolute atomic E-state index is 13.6. The molecule has 0 heterocycles. The zero-order chi connectivity index (χ0) is 28.9. The topological polar surface area (TPSA) is 140 Å². The second-order valence-corrected chi connectivity index (χ2v) is 11.8. The number of methoxy groups -OCH3 is 1. The molecule has 0 aliphatic rings. The molecule has 2 aromatic carbocycles. The van der Waals surface area contributed by atoms with Gasteiger partial charge in [-0.3, -0.25) is 9.32 Å². The lowest BCUT2D eigenvalue weighted by Crippen LogP contribution is -2.49. The van der Waals surface area contributed by atoms with Crippen molar-refractivity contribution in [3.63, 3.8) is 0 Å². The van der Waals surface area contributed by atoms with Crippen LogP contribution in [0.3, 0.4) is 0 Å². The SMILES string of the molecule is CCCCC(CCC)c1ccccc1CCC(N)(CO)COP(=O)(NC(C)C(=O)O)Oc1ccc(OC)cc1. The van der Waals surface area contributed by atoms with Crippen LogP contribution < -0.4 is 20.1 Å². The Bertz CT molecular complexity index is 1070. The highest BCUT2D eigenvalue weighted by molar-refractivity contribution is 7.52. The van der Waals surface area contributed by atoms with Crippen LogP contribution >= 0.6 is 7.75 Å². The number of hydrogen-bond donors (Lipinski definition) is 4. The van der Waals surface area contributed by atoms with Gasteiger partial charge < -0.3 is 25.2 Å². The van der Waals surface area contributed by atoms with Crippen molar-refractivity contribution in [2.24, 2.45) is 5.73 Å². The molecule has 0 saturated carbocycles. The summed E-state index contributed by atoms with van der Waals surface area (Å²) in [6.45, 7) is 5.00. The molecule has 39 heavy (non-hydrogen) atoms. The summed E-state index contributed by atoms with van der Waals surface area (Å²) in [6.07, 6.45) is 6.60. The summed E-state index contributed by atoms with van der Waals surface area (Å²) in [5, 5.41) is 22.0. The first-order valence-electron chi connectivity index (χ1n) is 13.6. The van der Waals surface area contributed by atoms with Crippen LogP contribution in [-0.2, 0) is 20.3 Å². The molecule has 10 heteroatoms. The minimum atomic E-state index is -4.19. The number of aliphatic hydroxyl groups is 1. The van der Waals surface area contributed by atoms with Crippen molar-refractivity contribution in [1.29, 1.82) is 0 Å². The van der Waals surface area contributed by atoms with Gasteiger partial charge in [-0.25, -0.2) is 4.57 Å². The highest BCUT2D eigenvalue weighted by atomic mass is 31.2. The fourth-order valence-corrected chi connectivity index (χ4v) is 5.96. The van der Waals surface area contributed by atoms with Crippen molar-refractivity contribution in [3.05, 3.63) is 59.7 Å². The van der Waals surface area contributed by atoms with Crippen LogP contribution in [0.1, 0.15) is 76.3 Å². The molecule has 0 fully saturated rings. The van der Waals surface area contributed by atoms with E-state index in [0.29, 0.717) is 24.5 Å². The van der Waals surface area contributed by atoms with Crippen LogP contribution in [0.5, 0.6) is 11.5 Å². The number of carboxylic acids is 1. The first-order chi connectivity index (χ1) is 18.6. The van der Waals surface area contributed by atoms with Gasteiger partial charge in [0.15, 0.2) is 0 Å². The number of benzene rings is 2. The van der Waals surface area contributed by atoms with Gasteiger partial charge in [-0.15, -0.1) is 0 Å². The number of aryl methyl sites for hydroxylation is 1. The molecule has 2 rings (SSSR count). The Labute approximate surface area is 232 Å². The molecule has 0 amide bonds. The lowest BCUT2D eigenvalue weighted by molar-refractivity contribution is -0.138. The monoisotopic (exact) mass is 564 g/mol. The van der Waals surface area contributed by atoms with Gasteiger partial charge in [-0.05, 0) is 73.9 Å². The van der Waals surface area contributed by atoms with Crippen LogP contribution in [-0.4, -0.2) is 48.1 Å². The number of ether oxygens (including phenoxy) is 1. The summed E-state index contributed by atoms with van der Waals surface area (Å²) >= 11 is 0. The van der Waals surface area contributed by atoms with Gasteiger partial charge >= 0.3 is 13.7 Å². The zero-order valence-corrected chi connectivity index (χ0v) is 24.5. The van der Waals surface area contributed by atoms with Crippen molar-refractivity contribution in [1.82, 2.24) is 5.09 Å². The molecule has 218 valence electrons. The number of nitrogens with one attached hydrogen (secondary N) is 1. The predicted molar refractivity (Wildman–Crippen MR) is 153 cm³/mol. The van der Waals surface area contributed by atoms with Crippen molar-refractivity contribution >= 4 is 13.7 Å². The Balaban J connectivity index is 2.19. The third-order valence-electron chi connectivity index (χ3n) is 6.77. The Morgan fingerprint density at radius 3 is 2.33 bits per heavy atom. The minimum absolute atomic E-state index is 0.193. The lowest BCUT2D eigenvalue weighted by Gasteiger charge is -2.30. The van der Waals surface area contributed by atoms with E-state index in [1.54, 1.807) is 12.1 Å². The Kier molecular flexibility index (Phi) is 13.4. The van der Waals surface area contributed by atoms with Crippen LogP contribution in [0.2, 0.25) is 0 Å². The number of rotatable bonds is 19. The third-order valence-corrected chi connectivity index (χ3v) is 8.40. The molecule has 5 N–H and O–H groups in total. The quantitative estimate of drug-likeness (QED) is 0.159. The van der Waals surface area contributed by atoms with Crippen LogP contribution in [0.25, 0.3) is 0 Å². The van der Waals surface area contributed by atoms with Gasteiger partial charge in [0.25, 0.3) is 0 Å². The Morgan fingerprint density at radius 1 is 1.08 bits per heavy atom. The van der Waals surface area contributed by atoms with Crippen molar-refractivity contribution in [3.8, 4) is 11.5 Å². The molecule has 0 aliphatic carbocycles. The average Bonchev–Trinajstić information content (AvgIpc) is 2.93. The predicted octanol–water partition coefficient (Wildman–Crippen LogP) is 5.66. The van der Waals surface area contributed by atoms with E-state index in [-0.39, 0.29) is 12.4 Å². The maximum atomic E-state index is 13.6. The van der Waals surface area contributed by atoms with E-state index < -0.39 is 31.9 Å². The summed E-state index contributed by atoms with van der Waals surface area (Å²) in [5.74, 6) is 0.00402. The van der Waals surface area contributed by atoms with Crippen molar-refractivity contribution in [2.75, 3.05) is 20.3 Å². The third kappa shape index (κ3) is 10.6. The van der Waals surface area contributed by atoms with Gasteiger partial charge in [-0.2, -0.15) is 5.09 Å². The highest BCUT2D eigenvalue weighted by Gasteiger charge is 2.36. The van der Waals surface area contributed by atoms with Gasteiger partial charge in [0.2, 0.25) is 0 Å². The number of unbranched alkanes of at least 4 members (excludes halogenated alkanes) is 1. The summed E-state index contributed by atoms with van der Waals surface area (Å²) in [4.78, 5) is 11.5. The maximum Gasteiger partial charge on any atom is 0.459 e. The Hall–Kier alpha value is -2.42. The van der Waals surface area contributed by atoms with E-state index in [2.05, 4.69) is 37.1 Å². The number of carboxylic acid groups (broad SMARTS) is 1. The van der Waals surface area contributed by atoms with E-state index in [4.69, 9.17) is 19.5 Å². The molecule has 4 unspecified atom stereocenters. The molecule has 0 aromatic heterocycles. The average molecular weight is 565 g/mol.